The molecule has 0 aliphatic heterocycles. The second-order valence-corrected chi connectivity index (χ2v) is 4.22. The molecule has 0 unspecified atom stereocenters. The number of hydrogen-bond acceptors (Lipinski definition) is 5. The van der Waals surface area contributed by atoms with E-state index in [4.69, 9.17) is 4.74 Å². The molecule has 23 heavy (non-hydrogen) atoms. The maximum Gasteiger partial charge on any atom is 0.573 e. The van der Waals surface area contributed by atoms with Gasteiger partial charge in [-0.25, -0.2) is 0 Å². The number of benzene rings is 2. The molecule has 0 spiro atoms. The van der Waals surface area contributed by atoms with Crippen LogP contribution in [-0.2, 0) is 0 Å². The van der Waals surface area contributed by atoms with Crippen LogP contribution in [0.15, 0.2) is 42.5 Å². The van der Waals surface area contributed by atoms with Gasteiger partial charge in [-0.3, -0.25) is 14.9 Å². The average Bonchev–Trinajstić information content (AvgIpc) is 2.47. The molecule has 0 aliphatic rings. The second kappa shape index (κ2) is 6.34. The van der Waals surface area contributed by atoms with Crippen LogP contribution in [0.25, 0.3) is 0 Å². The van der Waals surface area contributed by atoms with Crippen molar-refractivity contribution in [1.82, 2.24) is 0 Å². The van der Waals surface area contributed by atoms with E-state index in [2.05, 4.69) is 4.74 Å². The Hall–Kier alpha value is -3.10. The Morgan fingerprint density at radius 2 is 1.57 bits per heavy atom. The van der Waals surface area contributed by atoms with Crippen molar-refractivity contribution < 1.29 is 32.4 Å². The van der Waals surface area contributed by atoms with Gasteiger partial charge in [-0.1, -0.05) is 0 Å². The van der Waals surface area contributed by atoms with E-state index in [-0.39, 0.29) is 22.7 Å². The summed E-state index contributed by atoms with van der Waals surface area (Å²) in [6.07, 6.45) is -4.48. The van der Waals surface area contributed by atoms with Crippen molar-refractivity contribution in [2.75, 3.05) is 0 Å². The Labute approximate surface area is 127 Å². The molecule has 120 valence electrons. The van der Waals surface area contributed by atoms with Crippen molar-refractivity contribution in [3.63, 3.8) is 0 Å². The molecular weight excluding hydrogens is 319 g/mol. The summed E-state index contributed by atoms with van der Waals surface area (Å²) in [5.74, 6) is -0.116. The zero-order chi connectivity index (χ0) is 17.0. The molecule has 0 amide bonds. The number of halogens is 3. The number of nitro benzene ring substituents is 1. The Balaban J connectivity index is 2.16. The van der Waals surface area contributed by atoms with Crippen LogP contribution in [0, 0.1) is 10.1 Å². The van der Waals surface area contributed by atoms with E-state index >= 15 is 0 Å². The third kappa shape index (κ3) is 4.43. The Kier molecular flexibility index (Phi) is 4.49. The van der Waals surface area contributed by atoms with Crippen LogP contribution < -0.4 is 9.47 Å². The van der Waals surface area contributed by atoms with E-state index in [0.717, 1.165) is 24.3 Å². The number of hydrogen-bond donors (Lipinski definition) is 0. The largest absolute Gasteiger partial charge is 0.573 e. The highest BCUT2D eigenvalue weighted by Crippen LogP contribution is 2.29. The molecule has 0 saturated carbocycles. The van der Waals surface area contributed by atoms with Crippen LogP contribution in [0.3, 0.4) is 0 Å². The monoisotopic (exact) mass is 327 g/mol. The van der Waals surface area contributed by atoms with Gasteiger partial charge in [-0.2, -0.15) is 0 Å². The molecule has 0 radical (unpaired) electrons. The fourth-order valence-corrected chi connectivity index (χ4v) is 1.70. The van der Waals surface area contributed by atoms with Gasteiger partial charge in [-0.15, -0.1) is 13.2 Å². The first kappa shape index (κ1) is 16.3. The molecule has 0 bridgehead atoms. The van der Waals surface area contributed by atoms with E-state index in [1.165, 1.54) is 18.2 Å². The van der Waals surface area contributed by atoms with E-state index in [9.17, 15) is 28.1 Å². The lowest BCUT2D eigenvalue weighted by molar-refractivity contribution is -0.385. The summed E-state index contributed by atoms with van der Waals surface area (Å²) < 4.78 is 45.1. The van der Waals surface area contributed by atoms with Crippen molar-refractivity contribution in [2.24, 2.45) is 0 Å². The first-order valence-corrected chi connectivity index (χ1v) is 6.06. The second-order valence-electron chi connectivity index (χ2n) is 4.22. The molecule has 2 aromatic rings. The summed E-state index contributed by atoms with van der Waals surface area (Å²) in [4.78, 5) is 20.8. The van der Waals surface area contributed by atoms with Gasteiger partial charge in [-0.05, 0) is 36.4 Å². The maximum atomic E-state index is 12.0. The quantitative estimate of drug-likeness (QED) is 0.469. The summed E-state index contributed by atoms with van der Waals surface area (Å²) in [5.41, 5.74) is -0.550. The first-order chi connectivity index (χ1) is 10.8. The van der Waals surface area contributed by atoms with Crippen LogP contribution in [0.1, 0.15) is 10.4 Å². The molecule has 0 aliphatic carbocycles. The van der Waals surface area contributed by atoms with Gasteiger partial charge >= 0.3 is 6.36 Å². The lowest BCUT2D eigenvalue weighted by atomic mass is 10.2. The predicted molar refractivity (Wildman–Crippen MR) is 71.7 cm³/mol. The topological polar surface area (TPSA) is 78.7 Å². The van der Waals surface area contributed by atoms with Gasteiger partial charge in [0.1, 0.15) is 17.2 Å². The predicted octanol–water partition coefficient (Wildman–Crippen LogP) is 4.10. The summed E-state index contributed by atoms with van der Waals surface area (Å²) >= 11 is 0. The molecule has 0 heterocycles. The highest BCUT2D eigenvalue weighted by molar-refractivity contribution is 5.82. The van der Waals surface area contributed by atoms with Crippen LogP contribution in [-0.4, -0.2) is 17.6 Å². The number of alkyl halides is 3. The number of rotatable bonds is 5. The van der Waals surface area contributed by atoms with Crippen molar-refractivity contribution in [3.05, 3.63) is 58.1 Å². The summed E-state index contributed by atoms with van der Waals surface area (Å²) in [7, 11) is 0. The fraction of sp³-hybridized carbons (Fsp3) is 0.0714. The zero-order valence-electron chi connectivity index (χ0n) is 11.2. The minimum Gasteiger partial charge on any atom is -0.457 e. The molecule has 2 rings (SSSR count). The SMILES string of the molecule is O=Cc1cc(Oc2ccc(OC(F)(F)F)cc2)ccc1[N+](=O)[O-]. The van der Waals surface area contributed by atoms with Crippen molar-refractivity contribution >= 4 is 12.0 Å². The lowest BCUT2D eigenvalue weighted by Crippen LogP contribution is -2.16. The number of nitro groups is 1. The summed E-state index contributed by atoms with van der Waals surface area (Å²) in [6, 6.07) is 8.08. The smallest absolute Gasteiger partial charge is 0.457 e. The molecule has 0 aromatic heterocycles. The normalized spacial score (nSPS) is 10.9. The van der Waals surface area contributed by atoms with Gasteiger partial charge in [0.25, 0.3) is 5.69 Å². The van der Waals surface area contributed by atoms with Gasteiger partial charge < -0.3 is 9.47 Å². The molecule has 0 N–H and O–H groups in total. The number of nitrogens with zero attached hydrogens (tertiary/aromatic N) is 1. The molecule has 0 fully saturated rings. The molecule has 2 aromatic carbocycles. The Morgan fingerprint density at radius 1 is 1.00 bits per heavy atom. The number of ether oxygens (including phenoxy) is 2. The van der Waals surface area contributed by atoms with Crippen LogP contribution in [0.5, 0.6) is 17.2 Å². The standard InChI is InChI=1S/C14H8F3NO5/c15-14(16,17)23-11-3-1-10(2-4-11)22-12-5-6-13(18(20)21)9(7-12)8-19/h1-8H. The van der Waals surface area contributed by atoms with Crippen molar-refractivity contribution in [3.8, 4) is 17.2 Å². The van der Waals surface area contributed by atoms with E-state index in [1.807, 2.05) is 0 Å². The van der Waals surface area contributed by atoms with E-state index in [0.29, 0.717) is 6.29 Å². The average molecular weight is 327 g/mol. The van der Waals surface area contributed by atoms with Crippen molar-refractivity contribution in [1.29, 1.82) is 0 Å². The molecular formula is C14H8F3NO5. The Bertz CT molecular complexity index is 728. The van der Waals surface area contributed by atoms with Crippen molar-refractivity contribution in [2.45, 2.75) is 6.36 Å². The van der Waals surface area contributed by atoms with Gasteiger partial charge in [0.05, 0.1) is 10.5 Å². The van der Waals surface area contributed by atoms with E-state index < -0.39 is 17.0 Å². The number of carbonyl (C=O) groups is 1. The van der Waals surface area contributed by atoms with Crippen LogP contribution in [0.2, 0.25) is 0 Å². The minimum absolute atomic E-state index is 0.127. The molecule has 0 atom stereocenters. The molecule has 6 nitrogen and oxygen atoms in total. The third-order valence-electron chi connectivity index (χ3n) is 2.62. The number of aldehydes is 1. The molecule has 0 saturated heterocycles. The van der Waals surface area contributed by atoms with Crippen LogP contribution >= 0.6 is 0 Å². The number of carbonyl (C=O) groups excluding carboxylic acids is 1. The highest BCUT2D eigenvalue weighted by Gasteiger charge is 2.31. The van der Waals surface area contributed by atoms with Crippen LogP contribution in [0.4, 0.5) is 18.9 Å². The minimum atomic E-state index is -4.79. The van der Waals surface area contributed by atoms with Gasteiger partial charge in [0.2, 0.25) is 0 Å². The first-order valence-electron chi connectivity index (χ1n) is 6.06. The maximum absolute atomic E-state index is 12.0. The summed E-state index contributed by atoms with van der Waals surface area (Å²) in [6.45, 7) is 0. The van der Waals surface area contributed by atoms with Gasteiger partial charge in [0, 0.05) is 6.07 Å². The third-order valence-corrected chi connectivity index (χ3v) is 2.62. The summed E-state index contributed by atoms with van der Waals surface area (Å²) in [5, 5.41) is 10.7. The fourth-order valence-electron chi connectivity index (χ4n) is 1.70. The lowest BCUT2D eigenvalue weighted by Gasteiger charge is -2.10. The molecule has 9 heteroatoms. The van der Waals surface area contributed by atoms with E-state index in [1.54, 1.807) is 0 Å². The highest BCUT2D eigenvalue weighted by atomic mass is 19.4. The Morgan fingerprint density at radius 3 is 2.09 bits per heavy atom. The van der Waals surface area contributed by atoms with Gasteiger partial charge in [0.15, 0.2) is 6.29 Å². The zero-order valence-corrected chi connectivity index (χ0v) is 11.2.